The van der Waals surface area contributed by atoms with E-state index in [-0.39, 0.29) is 5.82 Å². The molecule has 0 saturated carbocycles. The predicted octanol–water partition coefficient (Wildman–Crippen LogP) is 5.68. The number of hydrogen-bond donors (Lipinski definition) is 0. The molecule has 0 amide bonds. The maximum absolute atomic E-state index is 12.9. The highest BCUT2D eigenvalue weighted by atomic mass is 32.1. The van der Waals surface area contributed by atoms with Gasteiger partial charge < -0.3 is 0 Å². The van der Waals surface area contributed by atoms with Crippen molar-refractivity contribution in [3.05, 3.63) is 75.9 Å². The molecule has 0 atom stereocenters. The summed E-state index contributed by atoms with van der Waals surface area (Å²) < 4.78 is 12.9. The lowest BCUT2D eigenvalue weighted by Crippen LogP contribution is -1.80. The number of aromatic nitrogens is 1. The number of halogens is 1. The van der Waals surface area contributed by atoms with Gasteiger partial charge in [-0.15, -0.1) is 11.3 Å². The van der Waals surface area contributed by atoms with E-state index >= 15 is 0 Å². The molecule has 0 aliphatic rings. The minimum absolute atomic E-state index is 0.227. The Hall–Kier alpha value is -2.26. The van der Waals surface area contributed by atoms with Crippen molar-refractivity contribution in [3.8, 4) is 11.3 Å². The standard InChI is InChI=1S/C19H16FNS/c1-2-14-3-5-15(6-4-14)7-12-19-21-18(13-22-19)16-8-10-17(20)11-9-16/h3-13H,2H2,1H3/b12-7+. The van der Waals surface area contributed by atoms with Gasteiger partial charge in [-0.05, 0) is 47.9 Å². The second-order valence-electron chi connectivity index (χ2n) is 5.01. The fraction of sp³-hybridized carbons (Fsp3) is 0.105. The van der Waals surface area contributed by atoms with Crippen molar-refractivity contribution in [2.75, 3.05) is 0 Å². The highest BCUT2D eigenvalue weighted by Crippen LogP contribution is 2.23. The van der Waals surface area contributed by atoms with Crippen LogP contribution in [0.1, 0.15) is 23.1 Å². The van der Waals surface area contributed by atoms with Crippen molar-refractivity contribution in [2.24, 2.45) is 0 Å². The van der Waals surface area contributed by atoms with Crippen LogP contribution in [0.25, 0.3) is 23.4 Å². The van der Waals surface area contributed by atoms with Crippen molar-refractivity contribution in [1.82, 2.24) is 4.98 Å². The molecule has 0 aliphatic heterocycles. The second-order valence-corrected chi connectivity index (χ2v) is 5.90. The quantitative estimate of drug-likeness (QED) is 0.604. The first kappa shape index (κ1) is 14.7. The van der Waals surface area contributed by atoms with Gasteiger partial charge in [0.2, 0.25) is 0 Å². The molecule has 2 aromatic carbocycles. The lowest BCUT2D eigenvalue weighted by Gasteiger charge is -1.97. The van der Waals surface area contributed by atoms with Gasteiger partial charge in [-0.3, -0.25) is 0 Å². The van der Waals surface area contributed by atoms with Gasteiger partial charge in [-0.25, -0.2) is 9.37 Å². The molecule has 0 unspecified atom stereocenters. The van der Waals surface area contributed by atoms with Gasteiger partial charge in [0.05, 0.1) is 5.69 Å². The molecule has 0 N–H and O–H groups in total. The van der Waals surface area contributed by atoms with E-state index in [9.17, 15) is 4.39 Å². The second kappa shape index (κ2) is 6.67. The fourth-order valence-corrected chi connectivity index (χ4v) is 2.87. The van der Waals surface area contributed by atoms with Crippen molar-refractivity contribution in [3.63, 3.8) is 0 Å². The number of nitrogens with zero attached hydrogens (tertiary/aromatic N) is 1. The molecule has 3 heteroatoms. The van der Waals surface area contributed by atoms with E-state index in [1.54, 1.807) is 23.5 Å². The summed E-state index contributed by atoms with van der Waals surface area (Å²) in [5, 5.41) is 2.94. The Bertz CT molecular complexity index is 770. The van der Waals surface area contributed by atoms with Crippen molar-refractivity contribution < 1.29 is 4.39 Å². The molecule has 0 spiro atoms. The molecule has 3 rings (SSSR count). The maximum Gasteiger partial charge on any atom is 0.123 e. The van der Waals surface area contributed by atoms with E-state index in [0.717, 1.165) is 28.2 Å². The fourth-order valence-electron chi connectivity index (χ4n) is 2.15. The Morgan fingerprint density at radius 3 is 2.41 bits per heavy atom. The average molecular weight is 309 g/mol. The van der Waals surface area contributed by atoms with Crippen LogP contribution in [0.3, 0.4) is 0 Å². The summed E-state index contributed by atoms with van der Waals surface area (Å²) in [4.78, 5) is 4.57. The van der Waals surface area contributed by atoms with Gasteiger partial charge in [0, 0.05) is 10.9 Å². The average Bonchev–Trinajstić information content (AvgIpc) is 3.03. The van der Waals surface area contributed by atoms with Crippen LogP contribution in [0.2, 0.25) is 0 Å². The van der Waals surface area contributed by atoms with Crippen LogP contribution in [0.4, 0.5) is 4.39 Å². The highest BCUT2D eigenvalue weighted by Gasteiger charge is 2.02. The van der Waals surface area contributed by atoms with Gasteiger partial charge in [0.1, 0.15) is 10.8 Å². The van der Waals surface area contributed by atoms with E-state index in [2.05, 4.69) is 42.2 Å². The smallest absolute Gasteiger partial charge is 0.123 e. The van der Waals surface area contributed by atoms with Crippen molar-refractivity contribution in [2.45, 2.75) is 13.3 Å². The Labute approximate surface area is 133 Å². The molecule has 0 fully saturated rings. The minimum atomic E-state index is -0.227. The monoisotopic (exact) mass is 309 g/mol. The summed E-state index contributed by atoms with van der Waals surface area (Å²) >= 11 is 1.58. The molecule has 3 aromatic rings. The van der Waals surface area contributed by atoms with Gasteiger partial charge in [-0.2, -0.15) is 0 Å². The summed E-state index contributed by atoms with van der Waals surface area (Å²) in [6.07, 6.45) is 5.13. The molecule has 22 heavy (non-hydrogen) atoms. The molecule has 0 aliphatic carbocycles. The summed E-state index contributed by atoms with van der Waals surface area (Å²) in [6.45, 7) is 2.15. The first-order valence-corrected chi connectivity index (χ1v) is 8.11. The SMILES string of the molecule is CCc1ccc(/C=C/c2nc(-c3ccc(F)cc3)cs2)cc1. The van der Waals surface area contributed by atoms with E-state index in [1.807, 2.05) is 11.5 Å². The van der Waals surface area contributed by atoms with Crippen LogP contribution < -0.4 is 0 Å². The first-order valence-electron chi connectivity index (χ1n) is 7.23. The molecule has 0 radical (unpaired) electrons. The van der Waals surface area contributed by atoms with E-state index < -0.39 is 0 Å². The zero-order chi connectivity index (χ0) is 15.4. The highest BCUT2D eigenvalue weighted by molar-refractivity contribution is 7.10. The van der Waals surface area contributed by atoms with Gasteiger partial charge in [0.25, 0.3) is 0 Å². The summed E-state index contributed by atoms with van der Waals surface area (Å²) in [7, 11) is 0. The molecular weight excluding hydrogens is 293 g/mol. The zero-order valence-corrected chi connectivity index (χ0v) is 13.1. The summed E-state index contributed by atoms with van der Waals surface area (Å²) in [6, 6.07) is 14.9. The summed E-state index contributed by atoms with van der Waals surface area (Å²) in [5.74, 6) is -0.227. The first-order chi connectivity index (χ1) is 10.7. The van der Waals surface area contributed by atoms with Crippen LogP contribution in [0.15, 0.2) is 53.9 Å². The molecule has 0 saturated heterocycles. The number of hydrogen-bond acceptors (Lipinski definition) is 2. The lowest BCUT2D eigenvalue weighted by atomic mass is 10.1. The molecule has 1 heterocycles. The van der Waals surface area contributed by atoms with Crippen LogP contribution in [-0.2, 0) is 6.42 Å². The molecule has 1 aromatic heterocycles. The van der Waals surface area contributed by atoms with Crippen LogP contribution >= 0.6 is 11.3 Å². The zero-order valence-electron chi connectivity index (χ0n) is 12.3. The van der Waals surface area contributed by atoms with Crippen LogP contribution in [0, 0.1) is 5.82 Å². The summed E-state index contributed by atoms with van der Waals surface area (Å²) in [5.41, 5.74) is 4.32. The molecule has 1 nitrogen and oxygen atoms in total. The van der Waals surface area contributed by atoms with Crippen molar-refractivity contribution in [1.29, 1.82) is 0 Å². The number of aryl methyl sites for hydroxylation is 1. The van der Waals surface area contributed by atoms with E-state index in [1.165, 1.54) is 17.7 Å². The third kappa shape index (κ3) is 3.49. The van der Waals surface area contributed by atoms with Gasteiger partial charge in [0.15, 0.2) is 0 Å². The van der Waals surface area contributed by atoms with Crippen LogP contribution in [-0.4, -0.2) is 4.98 Å². The number of thiazole rings is 1. The third-order valence-corrected chi connectivity index (χ3v) is 4.28. The molecule has 110 valence electrons. The van der Waals surface area contributed by atoms with Gasteiger partial charge >= 0.3 is 0 Å². The van der Waals surface area contributed by atoms with Crippen molar-refractivity contribution >= 4 is 23.5 Å². The Kier molecular flexibility index (Phi) is 4.45. The number of rotatable bonds is 4. The number of benzene rings is 2. The van der Waals surface area contributed by atoms with Gasteiger partial charge in [-0.1, -0.05) is 37.3 Å². The molecular formula is C19H16FNS. The predicted molar refractivity (Wildman–Crippen MR) is 92.3 cm³/mol. The Balaban J connectivity index is 1.75. The minimum Gasteiger partial charge on any atom is -0.237 e. The topological polar surface area (TPSA) is 12.9 Å². The largest absolute Gasteiger partial charge is 0.237 e. The van der Waals surface area contributed by atoms with Crippen LogP contribution in [0.5, 0.6) is 0 Å². The lowest BCUT2D eigenvalue weighted by molar-refractivity contribution is 0.628. The third-order valence-electron chi connectivity index (χ3n) is 3.47. The Morgan fingerprint density at radius 2 is 1.73 bits per heavy atom. The van der Waals surface area contributed by atoms with E-state index in [4.69, 9.17) is 0 Å². The normalized spacial score (nSPS) is 11.2. The molecule has 0 bridgehead atoms. The Morgan fingerprint density at radius 1 is 1.00 bits per heavy atom. The maximum atomic E-state index is 12.9. The van der Waals surface area contributed by atoms with E-state index in [0.29, 0.717) is 0 Å².